The lowest BCUT2D eigenvalue weighted by Crippen LogP contribution is -2.37. The molecule has 0 saturated heterocycles. The molecule has 0 unspecified atom stereocenters. The summed E-state index contributed by atoms with van der Waals surface area (Å²) in [4.78, 5) is 33.1. The van der Waals surface area contributed by atoms with E-state index < -0.39 is 67.5 Å². The van der Waals surface area contributed by atoms with Gasteiger partial charge in [0.05, 0.1) is 21.2 Å². The molecule has 0 aliphatic heterocycles. The fourth-order valence-corrected chi connectivity index (χ4v) is 7.15. The molecule has 15 heteroatoms. The van der Waals surface area contributed by atoms with Crippen molar-refractivity contribution in [2.75, 3.05) is 0 Å². The SMILES string of the molecule is O=CC1c2ccccc2C(c2ccc(Oc3ccc([N+](=O)[O-])cc3C(F)(F)F)cc2)(c2ccc(Oc3ccc([N+](=O)[O-])cc3C(F)(F)F)cc2)c2ccccc21. The van der Waals surface area contributed by atoms with Crippen molar-refractivity contribution in [3.8, 4) is 23.0 Å². The average Bonchev–Trinajstić information content (AvgIpc) is 3.17. The van der Waals surface area contributed by atoms with Crippen LogP contribution in [0.1, 0.15) is 50.4 Å². The van der Waals surface area contributed by atoms with Crippen molar-refractivity contribution in [3.05, 3.63) is 198 Å². The van der Waals surface area contributed by atoms with Gasteiger partial charge < -0.3 is 14.3 Å². The van der Waals surface area contributed by atoms with Crippen LogP contribution in [-0.4, -0.2) is 16.1 Å². The molecule has 0 atom stereocenters. The molecule has 6 aromatic carbocycles. The van der Waals surface area contributed by atoms with Crippen LogP contribution < -0.4 is 9.47 Å². The van der Waals surface area contributed by atoms with Gasteiger partial charge in [0.1, 0.15) is 40.4 Å². The van der Waals surface area contributed by atoms with E-state index in [-0.39, 0.29) is 11.5 Å². The van der Waals surface area contributed by atoms with Crippen LogP contribution in [0.5, 0.6) is 23.0 Å². The van der Waals surface area contributed by atoms with Gasteiger partial charge in [-0.15, -0.1) is 0 Å². The standard InChI is InChI=1S/C41H24F6N2O7/c42-40(43,44)35-21-26(48(51)52)13-19-37(35)55-28-15-9-24(10-16-28)39(33-7-3-1-5-30(33)32(23-50)31-6-2-4-8-34(31)39)25-11-17-29(18-12-25)56-38-20-14-27(49(53)54)22-36(38)41(45,46)47/h1-23,32H. The predicted octanol–water partition coefficient (Wildman–Crippen LogP) is 11.2. The second kappa shape index (κ2) is 14.0. The van der Waals surface area contributed by atoms with E-state index in [2.05, 4.69) is 0 Å². The number of carbonyl (C=O) groups excluding carboxylic acids is 1. The number of fused-ring (bicyclic) bond motifs is 2. The van der Waals surface area contributed by atoms with E-state index in [1.54, 1.807) is 60.7 Å². The highest BCUT2D eigenvalue weighted by atomic mass is 19.4. The molecular weight excluding hydrogens is 746 g/mol. The number of aldehydes is 1. The Morgan fingerprint density at radius 3 is 1.27 bits per heavy atom. The summed E-state index contributed by atoms with van der Waals surface area (Å²) in [5.74, 6) is -2.06. The number of rotatable bonds is 9. The monoisotopic (exact) mass is 770 g/mol. The van der Waals surface area contributed by atoms with Gasteiger partial charge in [0.2, 0.25) is 0 Å². The normalized spacial score (nSPS) is 13.6. The molecule has 1 aliphatic carbocycles. The Bertz CT molecular complexity index is 2330. The van der Waals surface area contributed by atoms with Gasteiger partial charge in [0.15, 0.2) is 0 Å². The lowest BCUT2D eigenvalue weighted by atomic mass is 9.58. The molecule has 0 radical (unpaired) electrons. The molecule has 7 rings (SSSR count). The van der Waals surface area contributed by atoms with Gasteiger partial charge in [-0.05, 0) is 69.8 Å². The highest BCUT2D eigenvalue weighted by Crippen LogP contribution is 2.54. The maximum atomic E-state index is 13.9. The minimum Gasteiger partial charge on any atom is -0.457 e. The Hall–Kier alpha value is -7.03. The van der Waals surface area contributed by atoms with Gasteiger partial charge in [-0.3, -0.25) is 20.2 Å². The van der Waals surface area contributed by atoms with Gasteiger partial charge in [0, 0.05) is 24.3 Å². The molecule has 1 aliphatic rings. The van der Waals surface area contributed by atoms with Crippen molar-refractivity contribution < 1.29 is 50.5 Å². The second-order valence-electron chi connectivity index (χ2n) is 12.7. The third kappa shape index (κ3) is 6.56. The average molecular weight is 771 g/mol. The number of nitro groups is 2. The number of nitrogens with zero attached hydrogens (tertiary/aromatic N) is 2. The minimum absolute atomic E-state index is 0.0290. The van der Waals surface area contributed by atoms with Crippen LogP contribution in [0.15, 0.2) is 133 Å². The van der Waals surface area contributed by atoms with Crippen molar-refractivity contribution in [2.45, 2.75) is 23.7 Å². The summed E-state index contributed by atoms with van der Waals surface area (Å²) >= 11 is 0. The van der Waals surface area contributed by atoms with Crippen molar-refractivity contribution in [2.24, 2.45) is 0 Å². The maximum absolute atomic E-state index is 13.9. The zero-order valence-electron chi connectivity index (χ0n) is 28.4. The zero-order chi connectivity index (χ0) is 40.0. The van der Waals surface area contributed by atoms with Crippen LogP contribution in [0.3, 0.4) is 0 Å². The van der Waals surface area contributed by atoms with Crippen LogP contribution in [0.25, 0.3) is 0 Å². The molecule has 6 aromatic rings. The molecule has 0 spiro atoms. The Morgan fingerprint density at radius 2 is 0.929 bits per heavy atom. The predicted molar refractivity (Wildman–Crippen MR) is 189 cm³/mol. The number of alkyl halides is 6. The molecule has 0 heterocycles. The Morgan fingerprint density at radius 1 is 0.554 bits per heavy atom. The first-order chi connectivity index (χ1) is 26.6. The topological polar surface area (TPSA) is 122 Å². The van der Waals surface area contributed by atoms with Gasteiger partial charge in [-0.25, -0.2) is 0 Å². The summed E-state index contributed by atoms with van der Waals surface area (Å²) in [5.41, 5.74) is -1.67. The molecule has 0 fully saturated rings. The summed E-state index contributed by atoms with van der Waals surface area (Å²) in [6, 6.07) is 30.9. The van der Waals surface area contributed by atoms with Crippen molar-refractivity contribution in [1.29, 1.82) is 0 Å². The first-order valence-corrected chi connectivity index (χ1v) is 16.5. The number of carbonyl (C=O) groups is 1. The van der Waals surface area contributed by atoms with E-state index >= 15 is 0 Å². The Labute approximate surface area is 312 Å². The lowest BCUT2D eigenvalue weighted by Gasteiger charge is -2.44. The number of hydrogen-bond donors (Lipinski definition) is 0. The fourth-order valence-electron chi connectivity index (χ4n) is 7.15. The molecule has 0 saturated carbocycles. The highest BCUT2D eigenvalue weighted by Gasteiger charge is 2.46. The summed E-state index contributed by atoms with van der Waals surface area (Å²) in [6.07, 6.45) is -9.13. The summed E-state index contributed by atoms with van der Waals surface area (Å²) in [5, 5.41) is 22.4. The summed E-state index contributed by atoms with van der Waals surface area (Å²) < 4.78 is 94.9. The van der Waals surface area contributed by atoms with Crippen LogP contribution in [-0.2, 0) is 22.6 Å². The minimum atomic E-state index is -4.97. The first-order valence-electron chi connectivity index (χ1n) is 16.5. The molecule has 0 N–H and O–H groups in total. The van der Waals surface area contributed by atoms with Crippen LogP contribution in [0, 0.1) is 20.2 Å². The number of benzene rings is 6. The largest absolute Gasteiger partial charge is 0.457 e. The summed E-state index contributed by atoms with van der Waals surface area (Å²) in [6.45, 7) is 0. The second-order valence-corrected chi connectivity index (χ2v) is 12.7. The van der Waals surface area contributed by atoms with Gasteiger partial charge >= 0.3 is 12.4 Å². The zero-order valence-corrected chi connectivity index (χ0v) is 28.4. The van der Waals surface area contributed by atoms with Gasteiger partial charge in [-0.2, -0.15) is 26.3 Å². The molecule has 56 heavy (non-hydrogen) atoms. The van der Waals surface area contributed by atoms with E-state index in [0.29, 0.717) is 45.5 Å². The van der Waals surface area contributed by atoms with Crippen LogP contribution in [0.2, 0.25) is 0 Å². The molecule has 9 nitrogen and oxygen atoms in total. The third-order valence-corrected chi connectivity index (χ3v) is 9.52. The Balaban J connectivity index is 1.36. The van der Waals surface area contributed by atoms with Crippen molar-refractivity contribution >= 4 is 17.7 Å². The van der Waals surface area contributed by atoms with Crippen molar-refractivity contribution in [1.82, 2.24) is 0 Å². The van der Waals surface area contributed by atoms with Gasteiger partial charge in [-0.1, -0.05) is 72.8 Å². The lowest BCUT2D eigenvalue weighted by molar-refractivity contribution is -0.385. The van der Waals surface area contributed by atoms with Crippen molar-refractivity contribution in [3.63, 3.8) is 0 Å². The quantitative estimate of drug-likeness (QED) is 0.0621. The smallest absolute Gasteiger partial charge is 0.420 e. The first kappa shape index (κ1) is 37.3. The number of halogens is 6. The molecule has 0 aromatic heterocycles. The number of non-ortho nitro benzene ring substituents is 2. The van der Waals surface area contributed by atoms with E-state index in [1.165, 1.54) is 24.3 Å². The third-order valence-electron chi connectivity index (χ3n) is 9.52. The van der Waals surface area contributed by atoms with E-state index in [9.17, 15) is 51.4 Å². The number of ether oxygens (including phenoxy) is 2. The molecule has 0 amide bonds. The molecule has 0 bridgehead atoms. The Kier molecular flexibility index (Phi) is 9.32. The van der Waals surface area contributed by atoms with E-state index in [4.69, 9.17) is 9.47 Å². The van der Waals surface area contributed by atoms with Crippen LogP contribution >= 0.6 is 0 Å². The van der Waals surface area contributed by atoms with E-state index in [1.807, 2.05) is 12.1 Å². The fraction of sp³-hybridized carbons (Fsp3) is 0.0976. The number of hydrogen-bond acceptors (Lipinski definition) is 7. The van der Waals surface area contributed by atoms with Gasteiger partial charge in [0.25, 0.3) is 11.4 Å². The highest BCUT2D eigenvalue weighted by molar-refractivity contribution is 5.78. The summed E-state index contributed by atoms with van der Waals surface area (Å²) in [7, 11) is 0. The molecule has 282 valence electrons. The maximum Gasteiger partial charge on any atom is 0.420 e. The van der Waals surface area contributed by atoms with Crippen LogP contribution in [0.4, 0.5) is 37.7 Å². The number of nitro benzene ring substituents is 2. The molecular formula is C41H24F6N2O7. The van der Waals surface area contributed by atoms with E-state index in [0.717, 1.165) is 30.6 Å².